The smallest absolute Gasteiger partial charge is 0.347 e. The molecular weight excluding hydrogens is 266 g/mol. The van der Waals surface area contributed by atoms with Crippen molar-refractivity contribution < 1.29 is 13.6 Å². The highest BCUT2D eigenvalue weighted by atomic mass is 19.1. The van der Waals surface area contributed by atoms with Gasteiger partial charge in [-0.3, -0.25) is 0 Å². The quantitative estimate of drug-likeness (QED) is 0.675. The Bertz CT molecular complexity index is 619. The van der Waals surface area contributed by atoms with Gasteiger partial charge in [-0.15, -0.1) is 0 Å². The van der Waals surface area contributed by atoms with Gasteiger partial charge in [-0.25, -0.2) is 8.78 Å². The molecular formula is C13H12F2N4O. The fourth-order valence-electron chi connectivity index (χ4n) is 1.44. The molecule has 104 valence electrons. The lowest BCUT2D eigenvalue weighted by Crippen LogP contribution is -2.06. The summed E-state index contributed by atoms with van der Waals surface area (Å²) in [5, 5.41) is 6.17. The fourth-order valence-corrected chi connectivity index (χ4v) is 1.44. The van der Waals surface area contributed by atoms with E-state index in [2.05, 4.69) is 20.4 Å². The Kier molecular flexibility index (Phi) is 4.54. The van der Waals surface area contributed by atoms with Crippen LogP contribution in [0, 0.1) is 11.6 Å². The topological polar surface area (TPSA) is 59.4 Å². The fraction of sp³-hybridized carbons (Fsp3) is 0.154. The van der Waals surface area contributed by atoms with Crippen LogP contribution in [0.15, 0.2) is 35.6 Å². The third kappa shape index (κ3) is 3.47. The Morgan fingerprint density at radius 3 is 2.85 bits per heavy atom. The van der Waals surface area contributed by atoms with Crippen LogP contribution < -0.4 is 10.2 Å². The van der Waals surface area contributed by atoms with Gasteiger partial charge in [0.25, 0.3) is 0 Å². The zero-order valence-corrected chi connectivity index (χ0v) is 10.7. The lowest BCUT2D eigenvalue weighted by Gasteiger charge is -2.07. The maximum atomic E-state index is 13.5. The second kappa shape index (κ2) is 6.55. The number of nitrogens with one attached hydrogen (secondary N) is 1. The highest BCUT2D eigenvalue weighted by Crippen LogP contribution is 2.15. The van der Waals surface area contributed by atoms with Crippen LogP contribution in [0.3, 0.4) is 0 Å². The average molecular weight is 278 g/mol. The van der Waals surface area contributed by atoms with E-state index in [-0.39, 0.29) is 24.2 Å². The molecule has 7 heteroatoms. The maximum Gasteiger partial charge on any atom is 0.347 e. The molecule has 20 heavy (non-hydrogen) atoms. The Balaban J connectivity index is 2.10. The summed E-state index contributed by atoms with van der Waals surface area (Å²) in [5.74, 6) is -1.11. The van der Waals surface area contributed by atoms with Crippen molar-refractivity contribution in [1.82, 2.24) is 9.97 Å². The van der Waals surface area contributed by atoms with E-state index in [0.29, 0.717) is 5.56 Å². The lowest BCUT2D eigenvalue weighted by molar-refractivity contribution is 0.313. The van der Waals surface area contributed by atoms with Crippen LogP contribution in [-0.2, 0) is 6.54 Å². The van der Waals surface area contributed by atoms with E-state index < -0.39 is 5.82 Å². The normalized spacial score (nSPS) is 10.8. The number of benzene rings is 1. The molecule has 1 aromatic carbocycles. The summed E-state index contributed by atoms with van der Waals surface area (Å²) < 4.78 is 26.9. The van der Waals surface area contributed by atoms with Gasteiger partial charge in [0.15, 0.2) is 11.6 Å². The van der Waals surface area contributed by atoms with Crippen LogP contribution in [-0.4, -0.2) is 16.2 Å². The number of nitrogens with zero attached hydrogens (tertiary/aromatic N) is 3. The molecule has 0 unspecified atom stereocenters. The minimum atomic E-state index is -0.658. The molecule has 1 N–H and O–H groups in total. The number of hydrogen-bond acceptors (Lipinski definition) is 5. The van der Waals surface area contributed by atoms with Crippen molar-refractivity contribution in [3.8, 4) is 6.01 Å². The Morgan fingerprint density at radius 1 is 1.30 bits per heavy atom. The van der Waals surface area contributed by atoms with E-state index in [4.69, 9.17) is 4.84 Å². The molecule has 0 saturated carbocycles. The van der Waals surface area contributed by atoms with Crippen molar-refractivity contribution in [2.45, 2.75) is 13.5 Å². The molecule has 1 heterocycles. The van der Waals surface area contributed by atoms with Crippen molar-refractivity contribution in [1.29, 1.82) is 0 Å². The summed E-state index contributed by atoms with van der Waals surface area (Å²) in [6.45, 7) is 1.75. The van der Waals surface area contributed by atoms with E-state index >= 15 is 0 Å². The van der Waals surface area contributed by atoms with E-state index in [1.165, 1.54) is 12.3 Å². The first-order valence-corrected chi connectivity index (χ1v) is 5.85. The molecule has 0 fully saturated rings. The summed E-state index contributed by atoms with van der Waals surface area (Å²) >= 11 is 0. The van der Waals surface area contributed by atoms with Gasteiger partial charge in [-0.05, 0) is 13.0 Å². The Morgan fingerprint density at radius 2 is 2.10 bits per heavy atom. The molecule has 0 aliphatic rings. The Hall–Kier alpha value is -2.57. The minimum absolute atomic E-state index is 0.0791. The second-order valence-corrected chi connectivity index (χ2v) is 3.75. The van der Waals surface area contributed by atoms with Gasteiger partial charge >= 0.3 is 6.01 Å². The van der Waals surface area contributed by atoms with Gasteiger partial charge < -0.3 is 10.2 Å². The molecule has 1 aromatic heterocycles. The third-order valence-corrected chi connectivity index (χ3v) is 2.37. The number of aromatic nitrogens is 2. The molecule has 2 rings (SSSR count). The summed E-state index contributed by atoms with van der Waals surface area (Å²) in [7, 11) is 0. The van der Waals surface area contributed by atoms with Crippen molar-refractivity contribution in [2.24, 2.45) is 5.16 Å². The molecule has 0 aliphatic heterocycles. The van der Waals surface area contributed by atoms with Gasteiger partial charge in [0.1, 0.15) is 5.82 Å². The minimum Gasteiger partial charge on any atom is -0.363 e. The first-order valence-electron chi connectivity index (χ1n) is 5.85. The third-order valence-electron chi connectivity index (χ3n) is 2.37. The van der Waals surface area contributed by atoms with Gasteiger partial charge in [0.2, 0.25) is 0 Å². The molecule has 0 atom stereocenters. The molecule has 0 aliphatic carbocycles. The number of oxime groups is 1. The van der Waals surface area contributed by atoms with Gasteiger partial charge in [-0.1, -0.05) is 23.4 Å². The lowest BCUT2D eigenvalue weighted by atomic mass is 10.2. The predicted octanol–water partition coefficient (Wildman–Crippen LogP) is 2.75. The van der Waals surface area contributed by atoms with Crippen molar-refractivity contribution in [2.75, 3.05) is 5.32 Å². The van der Waals surface area contributed by atoms with Crippen molar-refractivity contribution >= 4 is 12.0 Å². The summed E-state index contributed by atoms with van der Waals surface area (Å²) in [4.78, 5) is 12.2. The molecule has 0 bridgehead atoms. The van der Waals surface area contributed by atoms with Crippen LogP contribution in [0.5, 0.6) is 6.01 Å². The van der Waals surface area contributed by atoms with Crippen LogP contribution in [0.25, 0.3) is 0 Å². The number of halogens is 2. The maximum absolute atomic E-state index is 13.5. The second-order valence-electron chi connectivity index (χ2n) is 3.75. The number of anilines is 1. The highest BCUT2D eigenvalue weighted by Gasteiger charge is 2.08. The van der Waals surface area contributed by atoms with Crippen LogP contribution in [0.1, 0.15) is 12.5 Å². The van der Waals surface area contributed by atoms with Gasteiger partial charge in [0.05, 0.1) is 6.20 Å². The Labute approximate surface area is 114 Å². The van der Waals surface area contributed by atoms with Gasteiger partial charge in [0, 0.05) is 18.3 Å². The zero-order chi connectivity index (χ0) is 14.4. The van der Waals surface area contributed by atoms with Crippen LogP contribution in [0.2, 0.25) is 0 Å². The standard InChI is InChI=1S/C13H12F2N4O/c1-2-18-20-13-17-8-11(15)12(19-13)16-7-9-5-3-4-6-10(9)14/h2-6,8H,7H2,1H3,(H,16,17,19)/b18-2+. The van der Waals surface area contributed by atoms with Crippen LogP contribution >= 0.6 is 0 Å². The molecule has 0 radical (unpaired) electrons. The monoisotopic (exact) mass is 278 g/mol. The molecule has 5 nitrogen and oxygen atoms in total. The average Bonchev–Trinajstić information content (AvgIpc) is 2.46. The first-order chi connectivity index (χ1) is 9.70. The van der Waals surface area contributed by atoms with Crippen LogP contribution in [0.4, 0.5) is 14.6 Å². The largest absolute Gasteiger partial charge is 0.363 e. The highest BCUT2D eigenvalue weighted by molar-refractivity contribution is 5.52. The van der Waals surface area contributed by atoms with E-state index in [1.54, 1.807) is 25.1 Å². The summed E-state index contributed by atoms with van der Waals surface area (Å²) in [6.07, 6.45) is 2.36. The summed E-state index contributed by atoms with van der Waals surface area (Å²) in [5.41, 5.74) is 0.402. The van der Waals surface area contributed by atoms with Gasteiger partial charge in [-0.2, -0.15) is 9.97 Å². The van der Waals surface area contributed by atoms with Crippen molar-refractivity contribution in [3.63, 3.8) is 0 Å². The van der Waals surface area contributed by atoms with E-state index in [0.717, 1.165) is 6.20 Å². The summed E-state index contributed by atoms with van der Waals surface area (Å²) in [6, 6.07) is 6.11. The number of hydrogen-bond donors (Lipinski definition) is 1. The SMILES string of the molecule is C/C=N/Oc1ncc(F)c(NCc2ccccc2F)n1. The van der Waals surface area contributed by atoms with Crippen molar-refractivity contribution in [3.05, 3.63) is 47.7 Å². The molecule has 0 spiro atoms. The first kappa shape index (κ1) is 13.9. The number of rotatable bonds is 5. The van der Waals surface area contributed by atoms with E-state index in [9.17, 15) is 8.78 Å². The van der Waals surface area contributed by atoms with E-state index in [1.807, 2.05) is 0 Å². The zero-order valence-electron chi connectivity index (χ0n) is 10.7. The molecule has 0 amide bonds. The predicted molar refractivity (Wildman–Crippen MR) is 70.5 cm³/mol. The molecule has 0 saturated heterocycles. The molecule has 2 aromatic rings.